The van der Waals surface area contributed by atoms with E-state index in [1.165, 1.54) is 11.1 Å². The van der Waals surface area contributed by atoms with Crippen LogP contribution in [0.1, 0.15) is 43.9 Å². The number of hydrogen-bond acceptors (Lipinski definition) is 3. The van der Waals surface area contributed by atoms with Gasteiger partial charge in [0.2, 0.25) is 0 Å². The Morgan fingerprint density at radius 3 is 3.00 bits per heavy atom. The Morgan fingerprint density at radius 1 is 1.39 bits per heavy atom. The van der Waals surface area contributed by atoms with Gasteiger partial charge in [-0.15, -0.1) is 0 Å². The third-order valence-corrected chi connectivity index (χ3v) is 3.46. The first-order valence-corrected chi connectivity index (χ1v) is 6.84. The van der Waals surface area contributed by atoms with Crippen molar-refractivity contribution in [3.8, 4) is 5.75 Å². The van der Waals surface area contributed by atoms with Gasteiger partial charge in [-0.05, 0) is 50.4 Å². The molecule has 3 heteroatoms. The van der Waals surface area contributed by atoms with Crippen molar-refractivity contribution in [1.29, 1.82) is 0 Å². The molecule has 3 nitrogen and oxygen atoms in total. The number of aliphatic hydroxyl groups excluding tert-OH is 1. The van der Waals surface area contributed by atoms with Crippen molar-refractivity contribution in [3.05, 3.63) is 29.3 Å². The van der Waals surface area contributed by atoms with Gasteiger partial charge in [-0.25, -0.2) is 0 Å². The van der Waals surface area contributed by atoms with Gasteiger partial charge < -0.3 is 15.2 Å². The van der Waals surface area contributed by atoms with Gasteiger partial charge in [-0.2, -0.15) is 0 Å². The molecule has 0 saturated heterocycles. The van der Waals surface area contributed by atoms with Gasteiger partial charge in [0.25, 0.3) is 0 Å². The fourth-order valence-corrected chi connectivity index (χ4v) is 2.31. The Hall–Kier alpha value is -1.06. The van der Waals surface area contributed by atoms with E-state index >= 15 is 0 Å². The van der Waals surface area contributed by atoms with Gasteiger partial charge in [0.05, 0.1) is 12.7 Å². The van der Waals surface area contributed by atoms with Crippen LogP contribution in [0.3, 0.4) is 0 Å². The Bertz CT molecular complexity index is 390. The van der Waals surface area contributed by atoms with Crippen molar-refractivity contribution in [2.75, 3.05) is 13.2 Å². The Labute approximate surface area is 109 Å². The summed E-state index contributed by atoms with van der Waals surface area (Å²) in [5, 5.41) is 12.7. The van der Waals surface area contributed by atoms with Crippen molar-refractivity contribution in [2.24, 2.45) is 0 Å². The van der Waals surface area contributed by atoms with E-state index in [1.807, 2.05) is 6.92 Å². The number of ether oxygens (including phenoxy) is 1. The maximum Gasteiger partial charge on any atom is 0.122 e. The van der Waals surface area contributed by atoms with E-state index in [4.69, 9.17) is 4.74 Å². The minimum Gasteiger partial charge on any atom is -0.493 e. The summed E-state index contributed by atoms with van der Waals surface area (Å²) in [5.74, 6) is 1.04. The SMILES string of the molecule is CC(O)CCCNC(C)c1ccc2c(c1)CCO2. The number of nitrogens with one attached hydrogen (secondary N) is 1. The highest BCUT2D eigenvalue weighted by atomic mass is 16.5. The molecule has 1 aliphatic heterocycles. The second-order valence-corrected chi connectivity index (χ2v) is 5.13. The topological polar surface area (TPSA) is 41.5 Å². The van der Waals surface area contributed by atoms with Crippen molar-refractivity contribution < 1.29 is 9.84 Å². The molecule has 0 bridgehead atoms. The Kier molecular flexibility index (Phi) is 4.61. The standard InChI is InChI=1S/C15H23NO2/c1-11(17)4-3-8-16-12(2)13-5-6-15-14(10-13)7-9-18-15/h5-6,10-12,16-17H,3-4,7-9H2,1-2H3. The number of rotatable bonds is 6. The molecule has 1 heterocycles. The van der Waals surface area contributed by atoms with Crippen LogP contribution in [0.25, 0.3) is 0 Å². The van der Waals surface area contributed by atoms with Crippen LogP contribution in [0.4, 0.5) is 0 Å². The fraction of sp³-hybridized carbons (Fsp3) is 0.600. The van der Waals surface area contributed by atoms with E-state index < -0.39 is 0 Å². The van der Waals surface area contributed by atoms with E-state index in [2.05, 4.69) is 30.4 Å². The molecule has 18 heavy (non-hydrogen) atoms. The molecule has 0 aliphatic carbocycles. The highest BCUT2D eigenvalue weighted by Gasteiger charge is 2.14. The second kappa shape index (κ2) is 6.21. The molecule has 1 aliphatic rings. The zero-order valence-corrected chi connectivity index (χ0v) is 11.3. The van der Waals surface area contributed by atoms with Crippen LogP contribution >= 0.6 is 0 Å². The lowest BCUT2D eigenvalue weighted by Gasteiger charge is -2.15. The predicted octanol–water partition coefficient (Wildman–Crippen LogP) is 2.43. The average Bonchev–Trinajstić information content (AvgIpc) is 2.81. The molecule has 2 rings (SSSR count). The molecular weight excluding hydrogens is 226 g/mol. The van der Waals surface area contributed by atoms with Crippen LogP contribution in [0.15, 0.2) is 18.2 Å². The maximum absolute atomic E-state index is 9.20. The quantitative estimate of drug-likeness (QED) is 0.761. The molecular formula is C15H23NO2. The second-order valence-electron chi connectivity index (χ2n) is 5.13. The van der Waals surface area contributed by atoms with E-state index in [0.717, 1.165) is 38.2 Å². The molecule has 1 aromatic carbocycles. The van der Waals surface area contributed by atoms with Crippen LogP contribution in [0.5, 0.6) is 5.75 Å². The Morgan fingerprint density at radius 2 is 2.22 bits per heavy atom. The lowest BCUT2D eigenvalue weighted by Crippen LogP contribution is -2.20. The minimum absolute atomic E-state index is 0.195. The maximum atomic E-state index is 9.20. The predicted molar refractivity (Wildman–Crippen MR) is 73.0 cm³/mol. The number of aliphatic hydroxyl groups is 1. The highest BCUT2D eigenvalue weighted by Crippen LogP contribution is 2.28. The summed E-state index contributed by atoms with van der Waals surface area (Å²) >= 11 is 0. The highest BCUT2D eigenvalue weighted by molar-refractivity contribution is 5.40. The summed E-state index contributed by atoms with van der Waals surface area (Å²) in [6.45, 7) is 5.78. The van der Waals surface area contributed by atoms with Crippen molar-refractivity contribution in [1.82, 2.24) is 5.32 Å². The first kappa shape index (κ1) is 13.4. The summed E-state index contributed by atoms with van der Waals surface area (Å²) in [6, 6.07) is 6.81. The van der Waals surface area contributed by atoms with E-state index in [9.17, 15) is 5.11 Å². The molecule has 1 aromatic rings. The van der Waals surface area contributed by atoms with Crippen molar-refractivity contribution >= 4 is 0 Å². The van der Waals surface area contributed by atoms with Crippen LogP contribution in [-0.2, 0) is 6.42 Å². The van der Waals surface area contributed by atoms with E-state index in [1.54, 1.807) is 0 Å². The molecule has 2 N–H and O–H groups in total. The van der Waals surface area contributed by atoms with Gasteiger partial charge in [0.1, 0.15) is 5.75 Å². The van der Waals surface area contributed by atoms with E-state index in [-0.39, 0.29) is 6.10 Å². The number of benzene rings is 1. The molecule has 0 amide bonds. The molecule has 0 radical (unpaired) electrons. The van der Waals surface area contributed by atoms with Gasteiger partial charge in [0, 0.05) is 12.5 Å². The summed E-state index contributed by atoms with van der Waals surface area (Å²) in [6.07, 6.45) is 2.70. The third kappa shape index (κ3) is 3.47. The molecule has 2 atom stereocenters. The summed E-state index contributed by atoms with van der Waals surface area (Å²) in [5.41, 5.74) is 2.64. The number of fused-ring (bicyclic) bond motifs is 1. The van der Waals surface area contributed by atoms with Crippen LogP contribution in [0, 0.1) is 0 Å². The molecule has 0 fully saturated rings. The molecule has 0 spiro atoms. The monoisotopic (exact) mass is 249 g/mol. The fourth-order valence-electron chi connectivity index (χ4n) is 2.31. The number of hydrogen-bond donors (Lipinski definition) is 2. The lowest BCUT2D eigenvalue weighted by atomic mass is 10.0. The first-order valence-electron chi connectivity index (χ1n) is 6.84. The van der Waals surface area contributed by atoms with Gasteiger partial charge >= 0.3 is 0 Å². The molecule has 100 valence electrons. The minimum atomic E-state index is -0.195. The Balaban J connectivity index is 1.83. The molecule has 2 unspecified atom stereocenters. The normalized spacial score (nSPS) is 17.1. The summed E-state index contributed by atoms with van der Waals surface area (Å²) in [4.78, 5) is 0. The van der Waals surface area contributed by atoms with Gasteiger partial charge in [-0.3, -0.25) is 0 Å². The molecule has 0 aromatic heterocycles. The van der Waals surface area contributed by atoms with E-state index in [0.29, 0.717) is 6.04 Å². The first-order chi connectivity index (χ1) is 8.66. The smallest absolute Gasteiger partial charge is 0.122 e. The van der Waals surface area contributed by atoms with Gasteiger partial charge in [-0.1, -0.05) is 12.1 Å². The lowest BCUT2D eigenvalue weighted by molar-refractivity contribution is 0.181. The molecule has 0 saturated carbocycles. The van der Waals surface area contributed by atoms with Crippen molar-refractivity contribution in [3.63, 3.8) is 0 Å². The van der Waals surface area contributed by atoms with Gasteiger partial charge in [0.15, 0.2) is 0 Å². The van der Waals surface area contributed by atoms with Crippen LogP contribution in [0.2, 0.25) is 0 Å². The largest absolute Gasteiger partial charge is 0.493 e. The van der Waals surface area contributed by atoms with Crippen LogP contribution in [-0.4, -0.2) is 24.4 Å². The van der Waals surface area contributed by atoms with Crippen molar-refractivity contribution in [2.45, 2.75) is 45.3 Å². The zero-order chi connectivity index (χ0) is 13.0. The zero-order valence-electron chi connectivity index (χ0n) is 11.3. The summed E-state index contributed by atoms with van der Waals surface area (Å²) in [7, 11) is 0. The summed E-state index contributed by atoms with van der Waals surface area (Å²) < 4.78 is 5.51. The average molecular weight is 249 g/mol. The third-order valence-electron chi connectivity index (χ3n) is 3.46. The van der Waals surface area contributed by atoms with Crippen LogP contribution < -0.4 is 10.1 Å².